The molecule has 1 fully saturated rings. The number of aromatic nitrogens is 2. The van der Waals surface area contributed by atoms with Gasteiger partial charge in [-0.3, -0.25) is 4.79 Å². The average molecular weight is 307 g/mol. The Kier molecular flexibility index (Phi) is 4.42. The normalized spacial score (nSPS) is 22.4. The van der Waals surface area contributed by atoms with Crippen molar-refractivity contribution in [3.63, 3.8) is 0 Å². The van der Waals surface area contributed by atoms with Crippen molar-refractivity contribution in [1.29, 1.82) is 0 Å². The number of carbonyl (C=O) groups excluding carboxylic acids is 1. The van der Waals surface area contributed by atoms with E-state index in [1.807, 2.05) is 13.8 Å². The summed E-state index contributed by atoms with van der Waals surface area (Å²) in [5, 5.41) is 8.15. The highest BCUT2D eigenvalue weighted by atomic mass is 16.5. The molecule has 0 aliphatic carbocycles. The molecule has 7 heteroatoms. The quantitative estimate of drug-likeness (QED) is 0.847. The molecule has 0 spiro atoms. The fourth-order valence-corrected chi connectivity index (χ4v) is 2.57. The second-order valence-corrected chi connectivity index (χ2v) is 5.84. The monoisotopic (exact) mass is 307 g/mol. The lowest BCUT2D eigenvalue weighted by Gasteiger charge is -2.34. The summed E-state index contributed by atoms with van der Waals surface area (Å²) < 4.78 is 16.5. The lowest BCUT2D eigenvalue weighted by Crippen LogP contribution is -2.44. The Labute approximate surface area is 129 Å². The van der Waals surface area contributed by atoms with Crippen LogP contribution in [-0.4, -0.2) is 47.4 Å². The Morgan fingerprint density at radius 1 is 1.36 bits per heavy atom. The number of ether oxygens (including phenoxy) is 2. The molecule has 0 saturated carbocycles. The first-order chi connectivity index (χ1) is 10.7. The number of morpholine rings is 1. The molecule has 1 aromatic rings. The Hall–Kier alpha value is -1.89. The van der Waals surface area contributed by atoms with E-state index in [1.54, 1.807) is 11.2 Å². The lowest BCUT2D eigenvalue weighted by molar-refractivity contribution is -0.137. The molecule has 7 nitrogen and oxygen atoms in total. The van der Waals surface area contributed by atoms with Gasteiger partial charge in [0.15, 0.2) is 0 Å². The van der Waals surface area contributed by atoms with Gasteiger partial charge in [-0.2, -0.15) is 0 Å². The molecule has 0 bridgehead atoms. The van der Waals surface area contributed by atoms with Gasteiger partial charge in [-0.1, -0.05) is 13.8 Å². The summed E-state index contributed by atoms with van der Waals surface area (Å²) in [4.78, 5) is 14.5. The van der Waals surface area contributed by atoms with E-state index >= 15 is 0 Å². The Morgan fingerprint density at radius 3 is 2.91 bits per heavy atom. The fraction of sp³-hybridized carbons (Fsp3) is 0.667. The predicted molar refractivity (Wildman–Crippen MR) is 76.9 cm³/mol. The molecule has 3 rings (SSSR count). The van der Waals surface area contributed by atoms with E-state index < -0.39 is 0 Å². The summed E-state index contributed by atoms with van der Waals surface area (Å²) in [7, 11) is 0. The van der Waals surface area contributed by atoms with Crippen LogP contribution in [0.2, 0.25) is 0 Å². The maximum absolute atomic E-state index is 12.7. The first-order valence-corrected chi connectivity index (χ1v) is 7.69. The average Bonchev–Trinajstić information content (AvgIpc) is 3.05. The van der Waals surface area contributed by atoms with Gasteiger partial charge in [0.1, 0.15) is 6.04 Å². The zero-order chi connectivity index (χ0) is 15.5. The molecule has 120 valence electrons. The minimum absolute atomic E-state index is 0.0303. The molecule has 1 atom stereocenters. The maximum Gasteiger partial charge on any atom is 0.253 e. The number of hydrogen-bond acceptors (Lipinski definition) is 6. The lowest BCUT2D eigenvalue weighted by atomic mass is 10.1. The van der Waals surface area contributed by atoms with Crippen LogP contribution in [0.4, 0.5) is 0 Å². The molecule has 1 amide bonds. The van der Waals surface area contributed by atoms with Gasteiger partial charge in [0, 0.05) is 12.5 Å². The summed E-state index contributed by atoms with van der Waals surface area (Å²) in [5.74, 6) is 1.14. The van der Waals surface area contributed by atoms with Gasteiger partial charge in [-0.15, -0.1) is 10.2 Å². The summed E-state index contributed by atoms with van der Waals surface area (Å²) in [5.41, 5.74) is 0.696. The molecule has 1 saturated heterocycles. The number of hydrogen-bond donors (Lipinski definition) is 0. The SMILES string of the molecule is CC(C)c1nnc([C@H]2COCCN2C(=O)C2=COCCC2)o1. The first kappa shape index (κ1) is 15.0. The summed E-state index contributed by atoms with van der Waals surface area (Å²) >= 11 is 0. The van der Waals surface area contributed by atoms with E-state index in [2.05, 4.69) is 10.2 Å². The van der Waals surface area contributed by atoms with Gasteiger partial charge in [-0.05, 0) is 12.8 Å². The van der Waals surface area contributed by atoms with E-state index in [0.29, 0.717) is 43.7 Å². The molecule has 1 aromatic heterocycles. The van der Waals surface area contributed by atoms with Gasteiger partial charge in [0.25, 0.3) is 5.91 Å². The van der Waals surface area contributed by atoms with Crippen molar-refractivity contribution in [3.05, 3.63) is 23.6 Å². The number of amides is 1. The smallest absolute Gasteiger partial charge is 0.253 e. The molecule has 0 N–H and O–H groups in total. The van der Waals surface area contributed by atoms with Crippen LogP contribution in [0.1, 0.15) is 50.4 Å². The Bertz CT molecular complexity index is 567. The molecule has 22 heavy (non-hydrogen) atoms. The zero-order valence-electron chi connectivity index (χ0n) is 12.9. The van der Waals surface area contributed by atoms with Crippen LogP contribution in [0.3, 0.4) is 0 Å². The third kappa shape index (κ3) is 2.99. The fourth-order valence-electron chi connectivity index (χ4n) is 2.57. The highest BCUT2D eigenvalue weighted by Gasteiger charge is 2.34. The van der Waals surface area contributed by atoms with Crippen LogP contribution in [0.5, 0.6) is 0 Å². The first-order valence-electron chi connectivity index (χ1n) is 7.69. The molecule has 2 aliphatic rings. The van der Waals surface area contributed by atoms with Crippen LogP contribution < -0.4 is 0 Å². The van der Waals surface area contributed by atoms with Crippen molar-refractivity contribution < 1.29 is 18.7 Å². The molecule has 2 aliphatic heterocycles. The highest BCUT2D eigenvalue weighted by Crippen LogP contribution is 2.27. The molecule has 3 heterocycles. The topological polar surface area (TPSA) is 77.7 Å². The van der Waals surface area contributed by atoms with E-state index in [1.165, 1.54) is 0 Å². The van der Waals surface area contributed by atoms with E-state index in [0.717, 1.165) is 12.8 Å². The van der Waals surface area contributed by atoms with Crippen LogP contribution >= 0.6 is 0 Å². The second-order valence-electron chi connectivity index (χ2n) is 5.84. The van der Waals surface area contributed by atoms with Crippen LogP contribution in [-0.2, 0) is 14.3 Å². The highest BCUT2D eigenvalue weighted by molar-refractivity contribution is 5.93. The van der Waals surface area contributed by atoms with Crippen molar-refractivity contribution in [2.45, 2.75) is 38.6 Å². The van der Waals surface area contributed by atoms with Crippen molar-refractivity contribution in [2.24, 2.45) is 0 Å². The summed E-state index contributed by atoms with van der Waals surface area (Å²) in [6.07, 6.45) is 3.18. The largest absolute Gasteiger partial charge is 0.501 e. The standard InChI is InChI=1S/C15H21N3O4/c1-10(2)13-16-17-14(22-13)12-9-21-7-5-18(12)15(19)11-4-3-6-20-8-11/h8,10,12H,3-7,9H2,1-2H3/t12-/m1/s1. The third-order valence-electron chi connectivity index (χ3n) is 3.83. The Balaban J connectivity index is 1.81. The predicted octanol–water partition coefficient (Wildman–Crippen LogP) is 1.79. The minimum Gasteiger partial charge on any atom is -0.501 e. The molecule has 0 aromatic carbocycles. The molecular formula is C15H21N3O4. The van der Waals surface area contributed by atoms with Crippen molar-refractivity contribution >= 4 is 5.91 Å². The van der Waals surface area contributed by atoms with E-state index in [9.17, 15) is 4.79 Å². The maximum atomic E-state index is 12.7. The van der Waals surface area contributed by atoms with Crippen LogP contribution in [0, 0.1) is 0 Å². The second kappa shape index (κ2) is 6.48. The van der Waals surface area contributed by atoms with E-state index in [4.69, 9.17) is 13.9 Å². The van der Waals surface area contributed by atoms with Crippen LogP contribution in [0.15, 0.2) is 16.3 Å². The number of carbonyl (C=O) groups is 1. The Morgan fingerprint density at radius 2 is 2.23 bits per heavy atom. The van der Waals surface area contributed by atoms with E-state index in [-0.39, 0.29) is 17.9 Å². The van der Waals surface area contributed by atoms with Crippen molar-refractivity contribution in [2.75, 3.05) is 26.4 Å². The molecule has 0 radical (unpaired) electrons. The van der Waals surface area contributed by atoms with Crippen molar-refractivity contribution in [3.8, 4) is 0 Å². The van der Waals surface area contributed by atoms with Gasteiger partial charge < -0.3 is 18.8 Å². The van der Waals surface area contributed by atoms with Gasteiger partial charge in [0.2, 0.25) is 11.8 Å². The number of nitrogens with zero attached hydrogens (tertiary/aromatic N) is 3. The zero-order valence-corrected chi connectivity index (χ0v) is 12.9. The summed E-state index contributed by atoms with van der Waals surface area (Å²) in [6, 6.07) is -0.330. The van der Waals surface area contributed by atoms with Gasteiger partial charge >= 0.3 is 0 Å². The minimum atomic E-state index is -0.330. The third-order valence-corrected chi connectivity index (χ3v) is 3.83. The summed E-state index contributed by atoms with van der Waals surface area (Å²) in [6.45, 7) is 6.05. The van der Waals surface area contributed by atoms with Gasteiger partial charge in [-0.25, -0.2) is 0 Å². The van der Waals surface area contributed by atoms with Crippen LogP contribution in [0.25, 0.3) is 0 Å². The van der Waals surface area contributed by atoms with Gasteiger partial charge in [0.05, 0.1) is 31.7 Å². The number of rotatable bonds is 3. The molecular weight excluding hydrogens is 286 g/mol. The molecule has 0 unspecified atom stereocenters. The van der Waals surface area contributed by atoms with Crippen molar-refractivity contribution in [1.82, 2.24) is 15.1 Å².